The van der Waals surface area contributed by atoms with Gasteiger partial charge in [-0.05, 0) is 36.9 Å². The van der Waals surface area contributed by atoms with Gasteiger partial charge in [0.15, 0.2) is 5.70 Å². The van der Waals surface area contributed by atoms with Crippen LogP contribution in [-0.2, 0) is 20.6 Å². The molecule has 0 radical (unpaired) electrons. The average Bonchev–Trinajstić information content (AvgIpc) is 3.24. The second-order valence-corrected chi connectivity index (χ2v) is 8.54. The Morgan fingerprint density at radius 1 is 1.11 bits per heavy atom. The van der Waals surface area contributed by atoms with E-state index in [0.29, 0.717) is 21.8 Å². The lowest BCUT2D eigenvalue weighted by molar-refractivity contribution is -0.112. The molecule has 0 saturated heterocycles. The first-order valence-electron chi connectivity index (χ1n) is 7.88. The van der Waals surface area contributed by atoms with E-state index < -0.39 is 15.9 Å². The molecule has 0 spiro atoms. The number of benzene rings is 2. The van der Waals surface area contributed by atoms with Crippen LogP contribution in [0, 0.1) is 0 Å². The Morgan fingerprint density at radius 2 is 1.89 bits per heavy atom. The number of amides is 1. The Labute approximate surface area is 158 Å². The minimum atomic E-state index is -3.34. The van der Waals surface area contributed by atoms with Gasteiger partial charge in [-0.1, -0.05) is 12.1 Å². The van der Waals surface area contributed by atoms with Crippen molar-refractivity contribution < 1.29 is 13.2 Å². The van der Waals surface area contributed by atoms with Crippen molar-refractivity contribution in [2.24, 2.45) is 15.2 Å². The third-order valence-electron chi connectivity index (χ3n) is 4.01. The number of sulfonamides is 1. The smallest absolute Gasteiger partial charge is 0.265 e. The molecule has 0 fully saturated rings. The number of thiazole rings is 1. The summed E-state index contributed by atoms with van der Waals surface area (Å²) in [6.45, 7) is 0. The summed E-state index contributed by atoms with van der Waals surface area (Å²) in [4.78, 5) is 20.5. The molecular formula is C17H13N5O3S2. The molecule has 1 aliphatic rings. The van der Waals surface area contributed by atoms with Gasteiger partial charge < -0.3 is 0 Å². The van der Waals surface area contributed by atoms with Crippen molar-refractivity contribution in [3.8, 4) is 0 Å². The van der Waals surface area contributed by atoms with Crippen molar-refractivity contribution in [1.29, 1.82) is 0 Å². The predicted octanol–water partition coefficient (Wildman–Crippen LogP) is 1.40. The molecule has 1 aliphatic heterocycles. The fourth-order valence-electron chi connectivity index (χ4n) is 2.66. The van der Waals surface area contributed by atoms with Crippen LogP contribution in [0.5, 0.6) is 0 Å². The van der Waals surface area contributed by atoms with Gasteiger partial charge in [-0.25, -0.2) is 23.1 Å². The number of fused-ring (bicyclic) bond motifs is 3. The van der Waals surface area contributed by atoms with Gasteiger partial charge in [0.25, 0.3) is 5.91 Å². The number of carbonyl (C=O) groups excluding carboxylic acids is 1. The molecule has 8 nitrogen and oxygen atoms in total. The van der Waals surface area contributed by atoms with Crippen molar-refractivity contribution >= 4 is 48.9 Å². The zero-order valence-corrected chi connectivity index (χ0v) is 15.7. The van der Waals surface area contributed by atoms with Crippen LogP contribution in [0.4, 0.5) is 5.69 Å². The highest BCUT2D eigenvalue weighted by molar-refractivity contribution is 7.88. The zero-order chi connectivity index (χ0) is 19.0. The molecule has 27 heavy (non-hydrogen) atoms. The number of hydrogen-bond donors (Lipinski definition) is 1. The molecule has 0 atom stereocenters. The summed E-state index contributed by atoms with van der Waals surface area (Å²) in [5, 5.41) is 9.45. The standard InChI is InChI=1S/C17H13N5O3S2/c1-18-27(24,25)8-10-2-4-11(5-3-10)21-22-15-14-12(20-17(15)23)6-7-13-16(14)26-9-19-13/h2-7,9,18H,8H2,1H3. The monoisotopic (exact) mass is 399 g/mol. The summed E-state index contributed by atoms with van der Waals surface area (Å²) >= 11 is 1.42. The van der Waals surface area contributed by atoms with Crippen LogP contribution in [0.25, 0.3) is 15.9 Å². The van der Waals surface area contributed by atoms with Gasteiger partial charge in [-0.3, -0.25) is 4.79 Å². The average molecular weight is 399 g/mol. The zero-order valence-electron chi connectivity index (χ0n) is 14.1. The number of hydrogen-bond acceptors (Lipinski definition) is 7. The highest BCUT2D eigenvalue weighted by Gasteiger charge is 2.19. The highest BCUT2D eigenvalue weighted by atomic mass is 32.2. The first-order valence-corrected chi connectivity index (χ1v) is 10.4. The van der Waals surface area contributed by atoms with Crippen molar-refractivity contribution in [2.45, 2.75) is 5.75 Å². The van der Waals surface area contributed by atoms with Crippen molar-refractivity contribution in [3.63, 3.8) is 0 Å². The van der Waals surface area contributed by atoms with E-state index in [0.717, 1.165) is 10.2 Å². The maximum atomic E-state index is 12.2. The van der Waals surface area contributed by atoms with E-state index in [2.05, 4.69) is 24.9 Å². The summed E-state index contributed by atoms with van der Waals surface area (Å²) in [5.41, 5.74) is 3.80. The SMILES string of the molecule is CNS(=O)(=O)Cc1ccc(N=NC2=c3c(ccc4ncsc34)=NC2=O)cc1. The Bertz CT molecular complexity index is 1310. The minimum Gasteiger partial charge on any atom is -0.265 e. The molecule has 0 saturated carbocycles. The van der Waals surface area contributed by atoms with Crippen LogP contribution in [0.1, 0.15) is 5.56 Å². The van der Waals surface area contributed by atoms with Crippen molar-refractivity contribution in [1.82, 2.24) is 9.71 Å². The quantitative estimate of drug-likeness (QED) is 0.653. The molecule has 2 aromatic carbocycles. The lowest BCUT2D eigenvalue weighted by Crippen LogP contribution is -2.22. The first-order chi connectivity index (χ1) is 13.0. The molecule has 136 valence electrons. The topological polar surface area (TPSA) is 113 Å². The number of nitrogens with zero attached hydrogens (tertiary/aromatic N) is 4. The van der Waals surface area contributed by atoms with Crippen LogP contribution in [0.15, 0.2) is 57.1 Å². The van der Waals surface area contributed by atoms with E-state index in [1.807, 2.05) is 6.07 Å². The van der Waals surface area contributed by atoms with E-state index in [-0.39, 0.29) is 11.4 Å². The number of carbonyl (C=O) groups is 1. The van der Waals surface area contributed by atoms with Gasteiger partial charge in [0, 0.05) is 0 Å². The maximum Gasteiger partial charge on any atom is 0.298 e. The maximum absolute atomic E-state index is 12.2. The lowest BCUT2D eigenvalue weighted by Gasteiger charge is -2.02. The summed E-state index contributed by atoms with van der Waals surface area (Å²) in [6.07, 6.45) is 0. The number of aromatic nitrogens is 1. The molecule has 1 amide bonds. The second-order valence-electron chi connectivity index (χ2n) is 5.76. The lowest BCUT2D eigenvalue weighted by atomic mass is 10.2. The summed E-state index contributed by atoms with van der Waals surface area (Å²) in [7, 11) is -1.97. The number of azo groups is 1. The molecule has 1 N–H and O–H groups in total. The predicted molar refractivity (Wildman–Crippen MR) is 101 cm³/mol. The number of rotatable bonds is 5. The van der Waals surface area contributed by atoms with Crippen LogP contribution in [0.2, 0.25) is 0 Å². The van der Waals surface area contributed by atoms with Gasteiger partial charge >= 0.3 is 0 Å². The van der Waals surface area contributed by atoms with E-state index in [1.165, 1.54) is 18.4 Å². The summed E-state index contributed by atoms with van der Waals surface area (Å²) in [5.74, 6) is -0.557. The molecule has 1 aromatic heterocycles. The molecule has 10 heteroatoms. The highest BCUT2D eigenvalue weighted by Crippen LogP contribution is 2.19. The first kappa shape index (κ1) is 17.6. The fourth-order valence-corrected chi connectivity index (χ4v) is 4.27. The molecule has 2 heterocycles. The van der Waals surface area contributed by atoms with Crippen molar-refractivity contribution in [3.05, 3.63) is 58.0 Å². The normalized spacial score (nSPS) is 14.1. The minimum absolute atomic E-state index is 0.119. The molecular weight excluding hydrogens is 386 g/mol. The van der Waals surface area contributed by atoms with Crippen LogP contribution < -0.4 is 15.3 Å². The van der Waals surface area contributed by atoms with Crippen LogP contribution in [0.3, 0.4) is 0 Å². The van der Waals surface area contributed by atoms with E-state index in [4.69, 9.17) is 0 Å². The second kappa shape index (κ2) is 6.72. The van der Waals surface area contributed by atoms with E-state index >= 15 is 0 Å². The van der Waals surface area contributed by atoms with Gasteiger partial charge in [0.2, 0.25) is 10.0 Å². The molecule has 0 aliphatic carbocycles. The van der Waals surface area contributed by atoms with E-state index in [9.17, 15) is 13.2 Å². The molecule has 0 unspecified atom stereocenters. The van der Waals surface area contributed by atoms with E-state index in [1.54, 1.807) is 35.8 Å². The largest absolute Gasteiger partial charge is 0.298 e. The Balaban J connectivity index is 1.69. The Morgan fingerprint density at radius 3 is 2.63 bits per heavy atom. The molecule has 4 rings (SSSR count). The Hall–Kier alpha value is -2.82. The summed E-state index contributed by atoms with van der Waals surface area (Å²) < 4.78 is 26.3. The van der Waals surface area contributed by atoms with Gasteiger partial charge in [0.05, 0.1) is 37.7 Å². The third kappa shape index (κ3) is 3.42. The third-order valence-corrected chi connectivity index (χ3v) is 6.20. The fraction of sp³-hybridized carbons (Fsp3) is 0.118. The van der Waals surface area contributed by atoms with Crippen LogP contribution >= 0.6 is 11.3 Å². The van der Waals surface area contributed by atoms with Gasteiger partial charge in [-0.2, -0.15) is 5.11 Å². The number of nitrogens with one attached hydrogen (secondary N) is 1. The van der Waals surface area contributed by atoms with Crippen molar-refractivity contribution in [2.75, 3.05) is 7.05 Å². The molecule has 0 bridgehead atoms. The van der Waals surface area contributed by atoms with Gasteiger partial charge in [0.1, 0.15) is 0 Å². The van der Waals surface area contributed by atoms with Crippen LogP contribution in [-0.4, -0.2) is 26.4 Å². The summed E-state index contributed by atoms with van der Waals surface area (Å²) in [6, 6.07) is 10.2. The molecule has 3 aromatic rings. The van der Waals surface area contributed by atoms with Gasteiger partial charge in [-0.15, -0.1) is 16.5 Å². The Kier molecular flexibility index (Phi) is 4.38.